The summed E-state index contributed by atoms with van der Waals surface area (Å²) in [5.74, 6) is 2.60. The van der Waals surface area contributed by atoms with Gasteiger partial charge in [-0.05, 0) is 13.8 Å². The summed E-state index contributed by atoms with van der Waals surface area (Å²) in [6.07, 6.45) is 5.12. The van der Waals surface area contributed by atoms with Crippen LogP contribution in [0.5, 0.6) is 0 Å². The van der Waals surface area contributed by atoms with Crippen molar-refractivity contribution in [1.82, 2.24) is 0 Å². The van der Waals surface area contributed by atoms with Crippen LogP contribution in [0, 0.1) is 12.3 Å². The molecule has 4 heteroatoms. The minimum absolute atomic E-state index is 0.0664. The Bertz CT molecular complexity index is 260. The third-order valence-corrected chi connectivity index (χ3v) is 2.63. The number of hydrogen-bond donors (Lipinski definition) is 0. The Morgan fingerprint density at radius 1 is 1.20 bits per heavy atom. The molecular weight excluding hydrogens is 196 g/mol. The summed E-state index contributed by atoms with van der Waals surface area (Å²) in [5, 5.41) is 0. The lowest BCUT2D eigenvalue weighted by molar-refractivity contribution is -0.349. The molecule has 2 aliphatic heterocycles. The summed E-state index contributed by atoms with van der Waals surface area (Å²) in [4.78, 5) is 0. The molecule has 0 bridgehead atoms. The van der Waals surface area contributed by atoms with E-state index in [9.17, 15) is 0 Å². The van der Waals surface area contributed by atoms with Crippen LogP contribution in [0.4, 0.5) is 0 Å². The fraction of sp³-hybridized carbons (Fsp3) is 0.818. The minimum atomic E-state index is -0.245. The van der Waals surface area contributed by atoms with Crippen LogP contribution in [0.25, 0.3) is 0 Å². The van der Waals surface area contributed by atoms with Crippen molar-refractivity contribution in [3.8, 4) is 12.3 Å². The van der Waals surface area contributed by atoms with Crippen molar-refractivity contribution < 1.29 is 18.9 Å². The van der Waals surface area contributed by atoms with Gasteiger partial charge in [0, 0.05) is 6.42 Å². The Morgan fingerprint density at radius 2 is 2.00 bits per heavy atom. The number of fused-ring (bicyclic) bond motifs is 1. The predicted molar refractivity (Wildman–Crippen MR) is 52.9 cm³/mol. The highest BCUT2D eigenvalue weighted by Gasteiger charge is 2.42. The fourth-order valence-electron chi connectivity index (χ4n) is 2.00. The van der Waals surface area contributed by atoms with E-state index in [0.717, 1.165) is 0 Å². The molecule has 2 saturated heterocycles. The van der Waals surface area contributed by atoms with Crippen LogP contribution in [0.1, 0.15) is 20.3 Å². The second kappa shape index (κ2) is 4.50. The highest BCUT2D eigenvalue weighted by molar-refractivity contribution is 4.95. The Kier molecular flexibility index (Phi) is 3.27. The first-order valence-corrected chi connectivity index (χ1v) is 5.22. The van der Waals surface area contributed by atoms with E-state index in [-0.39, 0.29) is 30.9 Å². The van der Waals surface area contributed by atoms with Crippen LogP contribution in [0.2, 0.25) is 0 Å². The van der Waals surface area contributed by atoms with Crippen LogP contribution in [-0.4, -0.2) is 37.5 Å². The molecule has 0 saturated carbocycles. The van der Waals surface area contributed by atoms with Crippen LogP contribution in [0.15, 0.2) is 0 Å². The molecule has 0 aromatic carbocycles. The molecule has 2 rings (SSSR count). The first kappa shape index (κ1) is 10.9. The van der Waals surface area contributed by atoms with Crippen molar-refractivity contribution in [3.05, 3.63) is 0 Å². The molecule has 0 N–H and O–H groups in total. The zero-order chi connectivity index (χ0) is 10.8. The molecule has 0 aliphatic carbocycles. The van der Waals surface area contributed by atoms with Gasteiger partial charge in [0.15, 0.2) is 12.6 Å². The van der Waals surface area contributed by atoms with E-state index in [1.807, 2.05) is 13.8 Å². The maximum absolute atomic E-state index is 5.64. The van der Waals surface area contributed by atoms with Gasteiger partial charge in [-0.3, -0.25) is 0 Å². The summed E-state index contributed by atoms with van der Waals surface area (Å²) in [6.45, 7) is 4.26. The maximum atomic E-state index is 5.64. The van der Waals surface area contributed by atoms with Gasteiger partial charge in [0.2, 0.25) is 0 Å². The topological polar surface area (TPSA) is 36.9 Å². The van der Waals surface area contributed by atoms with Crippen LogP contribution in [-0.2, 0) is 18.9 Å². The number of rotatable bonds is 1. The van der Waals surface area contributed by atoms with Crippen molar-refractivity contribution >= 4 is 0 Å². The molecule has 2 heterocycles. The Hall–Kier alpha value is -0.600. The lowest BCUT2D eigenvalue weighted by Crippen LogP contribution is -2.56. The van der Waals surface area contributed by atoms with Crippen molar-refractivity contribution in [2.75, 3.05) is 6.61 Å². The summed E-state index contributed by atoms with van der Waals surface area (Å²) in [6, 6.07) is 0. The number of hydrogen-bond acceptors (Lipinski definition) is 4. The first-order chi connectivity index (χ1) is 7.20. The number of ether oxygens (including phenoxy) is 4. The molecule has 5 atom stereocenters. The van der Waals surface area contributed by atoms with Gasteiger partial charge in [0.05, 0.1) is 6.61 Å². The lowest BCUT2D eigenvalue weighted by Gasteiger charge is -2.44. The quantitative estimate of drug-likeness (QED) is 0.605. The zero-order valence-corrected chi connectivity index (χ0v) is 9.01. The summed E-state index contributed by atoms with van der Waals surface area (Å²) >= 11 is 0. The molecular formula is C11H16O4. The minimum Gasteiger partial charge on any atom is -0.350 e. The van der Waals surface area contributed by atoms with Crippen LogP contribution in [0.3, 0.4) is 0 Å². The standard InChI is InChI=1S/C11H16O4/c1-4-5-9-11-10(14-8(3)13-9)6-12-7(2)15-11/h1,7-11H,5-6H2,2-3H3/t7-,8-,9+,10+,11+/m0/s1. The summed E-state index contributed by atoms with van der Waals surface area (Å²) in [7, 11) is 0. The lowest BCUT2D eigenvalue weighted by atomic mass is 10.0. The molecule has 15 heavy (non-hydrogen) atoms. The molecule has 0 spiro atoms. The van der Waals surface area contributed by atoms with Crippen molar-refractivity contribution in [2.45, 2.75) is 51.2 Å². The Balaban J connectivity index is 2.06. The van der Waals surface area contributed by atoms with E-state index in [4.69, 9.17) is 25.4 Å². The average molecular weight is 212 g/mol. The van der Waals surface area contributed by atoms with Gasteiger partial charge in [0.25, 0.3) is 0 Å². The van der Waals surface area contributed by atoms with Gasteiger partial charge in [-0.25, -0.2) is 0 Å². The van der Waals surface area contributed by atoms with Gasteiger partial charge in [0.1, 0.15) is 18.3 Å². The van der Waals surface area contributed by atoms with Gasteiger partial charge in [-0.1, -0.05) is 0 Å². The molecule has 2 fully saturated rings. The van der Waals surface area contributed by atoms with Crippen LogP contribution >= 0.6 is 0 Å². The second-order valence-corrected chi connectivity index (χ2v) is 3.83. The van der Waals surface area contributed by atoms with E-state index < -0.39 is 0 Å². The SMILES string of the molecule is C#CC[C@H]1O[C@H](C)O[C@@H]2CO[C@H](C)O[C@H]12. The highest BCUT2D eigenvalue weighted by atomic mass is 16.8. The van der Waals surface area contributed by atoms with Crippen molar-refractivity contribution in [1.29, 1.82) is 0 Å². The second-order valence-electron chi connectivity index (χ2n) is 3.83. The maximum Gasteiger partial charge on any atom is 0.155 e. The molecule has 0 aromatic heterocycles. The molecule has 4 nitrogen and oxygen atoms in total. The van der Waals surface area contributed by atoms with E-state index in [1.54, 1.807) is 0 Å². The van der Waals surface area contributed by atoms with Gasteiger partial charge in [-0.2, -0.15) is 0 Å². The molecule has 2 aliphatic rings. The smallest absolute Gasteiger partial charge is 0.155 e. The third kappa shape index (κ3) is 2.32. The van der Waals surface area contributed by atoms with E-state index in [1.165, 1.54) is 0 Å². The largest absolute Gasteiger partial charge is 0.350 e. The molecule has 0 amide bonds. The molecule has 0 aromatic rings. The molecule has 84 valence electrons. The summed E-state index contributed by atoms with van der Waals surface area (Å²) < 4.78 is 22.2. The Morgan fingerprint density at radius 3 is 2.73 bits per heavy atom. The van der Waals surface area contributed by atoms with Crippen LogP contribution < -0.4 is 0 Å². The Labute approximate surface area is 89.8 Å². The van der Waals surface area contributed by atoms with Crippen molar-refractivity contribution in [2.24, 2.45) is 0 Å². The van der Waals surface area contributed by atoms with E-state index in [0.29, 0.717) is 13.0 Å². The third-order valence-electron chi connectivity index (χ3n) is 2.63. The normalized spacial score (nSPS) is 45.5. The van der Waals surface area contributed by atoms with Crippen molar-refractivity contribution in [3.63, 3.8) is 0 Å². The highest BCUT2D eigenvalue weighted by Crippen LogP contribution is 2.28. The molecule has 0 unspecified atom stereocenters. The van der Waals surface area contributed by atoms with Gasteiger partial charge in [-0.15, -0.1) is 12.3 Å². The zero-order valence-electron chi connectivity index (χ0n) is 9.01. The monoisotopic (exact) mass is 212 g/mol. The van der Waals surface area contributed by atoms with Gasteiger partial charge < -0.3 is 18.9 Å². The molecule has 0 radical (unpaired) electrons. The number of terminal acetylenes is 1. The fourth-order valence-corrected chi connectivity index (χ4v) is 2.00. The van der Waals surface area contributed by atoms with E-state index >= 15 is 0 Å². The van der Waals surface area contributed by atoms with E-state index in [2.05, 4.69) is 5.92 Å². The average Bonchev–Trinajstić information content (AvgIpc) is 2.19. The summed E-state index contributed by atoms with van der Waals surface area (Å²) in [5.41, 5.74) is 0. The predicted octanol–water partition coefficient (Wildman–Crippen LogP) is 0.901. The first-order valence-electron chi connectivity index (χ1n) is 5.22. The van der Waals surface area contributed by atoms with Gasteiger partial charge >= 0.3 is 0 Å².